The standard InChI is InChI=1S/C16H11BrClN7O3/c17-10-3-1-9(2-4-10)16(26)24-23-15-13(25(27)28)14(20-8-21-15)22-12-6-5-11(18)7-19-12/h1-8H,(H,24,26)(H2,19,20,21,22,23). The summed E-state index contributed by atoms with van der Waals surface area (Å²) in [7, 11) is 0. The number of hydrazine groups is 1. The van der Waals surface area contributed by atoms with E-state index in [1.54, 1.807) is 30.3 Å². The van der Waals surface area contributed by atoms with Crippen LogP contribution >= 0.6 is 27.5 Å². The molecule has 0 radical (unpaired) electrons. The molecule has 0 aliphatic heterocycles. The van der Waals surface area contributed by atoms with Crippen molar-refractivity contribution in [1.82, 2.24) is 20.4 Å². The van der Waals surface area contributed by atoms with Crippen LogP contribution in [0.1, 0.15) is 10.4 Å². The molecule has 12 heteroatoms. The first-order valence-corrected chi connectivity index (χ1v) is 8.81. The maximum Gasteiger partial charge on any atom is 0.355 e. The van der Waals surface area contributed by atoms with Gasteiger partial charge in [0.05, 0.1) is 9.95 Å². The number of nitrogens with one attached hydrogen (secondary N) is 3. The van der Waals surface area contributed by atoms with Crippen molar-refractivity contribution in [3.8, 4) is 0 Å². The second-order valence-corrected chi connectivity index (χ2v) is 6.60. The summed E-state index contributed by atoms with van der Waals surface area (Å²) in [4.78, 5) is 34.7. The van der Waals surface area contributed by atoms with E-state index < -0.39 is 16.5 Å². The van der Waals surface area contributed by atoms with Gasteiger partial charge in [-0.1, -0.05) is 27.5 Å². The summed E-state index contributed by atoms with van der Waals surface area (Å²) in [6.07, 6.45) is 2.49. The third kappa shape index (κ3) is 4.69. The number of nitrogens with zero attached hydrogens (tertiary/aromatic N) is 4. The van der Waals surface area contributed by atoms with Crippen LogP contribution in [0.4, 0.5) is 23.1 Å². The predicted molar refractivity (Wildman–Crippen MR) is 106 cm³/mol. The molecular weight excluding hydrogens is 454 g/mol. The van der Waals surface area contributed by atoms with E-state index in [0.29, 0.717) is 16.4 Å². The summed E-state index contributed by atoms with van der Waals surface area (Å²) < 4.78 is 0.815. The van der Waals surface area contributed by atoms with Gasteiger partial charge in [0, 0.05) is 16.2 Å². The summed E-state index contributed by atoms with van der Waals surface area (Å²) in [5, 5.41) is 14.7. The topological polar surface area (TPSA) is 135 Å². The maximum absolute atomic E-state index is 12.2. The number of pyridine rings is 1. The van der Waals surface area contributed by atoms with Crippen LogP contribution in [-0.2, 0) is 0 Å². The first kappa shape index (κ1) is 19.5. The first-order valence-electron chi connectivity index (χ1n) is 7.64. The van der Waals surface area contributed by atoms with Crippen LogP contribution in [-0.4, -0.2) is 25.8 Å². The Morgan fingerprint density at radius 2 is 1.79 bits per heavy atom. The summed E-state index contributed by atoms with van der Waals surface area (Å²) >= 11 is 9.05. The number of halogens is 2. The van der Waals surface area contributed by atoms with Crippen LogP contribution in [0.15, 0.2) is 53.4 Å². The zero-order valence-electron chi connectivity index (χ0n) is 13.9. The lowest BCUT2D eigenvalue weighted by Gasteiger charge is -2.10. The average molecular weight is 465 g/mol. The molecule has 3 aromatic rings. The van der Waals surface area contributed by atoms with Crippen LogP contribution in [0.5, 0.6) is 0 Å². The summed E-state index contributed by atoms with van der Waals surface area (Å²) in [5.41, 5.74) is 4.72. The molecule has 142 valence electrons. The highest BCUT2D eigenvalue weighted by atomic mass is 79.9. The van der Waals surface area contributed by atoms with Gasteiger partial charge in [0.1, 0.15) is 12.1 Å². The minimum atomic E-state index is -0.674. The Balaban J connectivity index is 1.80. The molecule has 1 aromatic carbocycles. The molecule has 0 aliphatic carbocycles. The molecule has 0 saturated heterocycles. The Morgan fingerprint density at radius 3 is 2.43 bits per heavy atom. The van der Waals surface area contributed by atoms with E-state index in [4.69, 9.17) is 11.6 Å². The molecule has 10 nitrogen and oxygen atoms in total. The van der Waals surface area contributed by atoms with E-state index in [1.807, 2.05) is 0 Å². The van der Waals surface area contributed by atoms with Gasteiger partial charge in [-0.15, -0.1) is 0 Å². The van der Waals surface area contributed by atoms with Crippen molar-refractivity contribution in [2.75, 3.05) is 10.7 Å². The number of aromatic nitrogens is 3. The molecule has 0 unspecified atom stereocenters. The summed E-state index contributed by atoms with van der Waals surface area (Å²) in [6, 6.07) is 9.69. The van der Waals surface area contributed by atoms with E-state index in [9.17, 15) is 14.9 Å². The molecule has 1 amide bonds. The molecule has 0 spiro atoms. The van der Waals surface area contributed by atoms with Gasteiger partial charge in [-0.2, -0.15) is 0 Å². The van der Waals surface area contributed by atoms with Crippen molar-refractivity contribution in [2.45, 2.75) is 0 Å². The average Bonchev–Trinajstić information content (AvgIpc) is 2.68. The van der Waals surface area contributed by atoms with Gasteiger partial charge >= 0.3 is 5.69 Å². The number of nitro groups is 1. The van der Waals surface area contributed by atoms with Gasteiger partial charge < -0.3 is 5.32 Å². The summed E-state index contributed by atoms with van der Waals surface area (Å²) in [5.74, 6) is -0.484. The number of benzene rings is 1. The number of carbonyl (C=O) groups excluding carboxylic acids is 1. The Morgan fingerprint density at radius 1 is 1.07 bits per heavy atom. The molecule has 0 saturated carbocycles. The molecular formula is C16H11BrClN7O3. The van der Waals surface area contributed by atoms with Crippen LogP contribution in [0.25, 0.3) is 0 Å². The number of hydrogen-bond acceptors (Lipinski definition) is 8. The van der Waals surface area contributed by atoms with Crippen LogP contribution in [0.2, 0.25) is 5.02 Å². The number of rotatable bonds is 6. The number of carbonyl (C=O) groups is 1. The predicted octanol–water partition coefficient (Wildman–Crippen LogP) is 3.70. The third-order valence-corrected chi connectivity index (χ3v) is 4.13. The molecule has 0 aliphatic rings. The molecule has 0 bridgehead atoms. The first-order chi connectivity index (χ1) is 13.4. The lowest BCUT2D eigenvalue weighted by molar-refractivity contribution is -0.383. The summed E-state index contributed by atoms with van der Waals surface area (Å²) in [6.45, 7) is 0. The Labute approximate surface area is 171 Å². The van der Waals surface area contributed by atoms with Crippen molar-refractivity contribution in [3.05, 3.63) is 74.1 Å². The minimum absolute atomic E-state index is 0.102. The zero-order valence-corrected chi connectivity index (χ0v) is 16.2. The van der Waals surface area contributed by atoms with Crippen molar-refractivity contribution < 1.29 is 9.72 Å². The SMILES string of the molecule is O=C(NNc1ncnc(Nc2ccc(Cl)cn2)c1[N+](=O)[O-])c1ccc(Br)cc1. The second-order valence-electron chi connectivity index (χ2n) is 5.25. The third-order valence-electron chi connectivity index (χ3n) is 3.38. The second kappa shape index (κ2) is 8.59. The van der Waals surface area contributed by atoms with E-state index in [-0.39, 0.29) is 11.6 Å². The lowest BCUT2D eigenvalue weighted by atomic mass is 10.2. The molecule has 3 rings (SSSR count). The highest BCUT2D eigenvalue weighted by Crippen LogP contribution is 2.30. The lowest BCUT2D eigenvalue weighted by Crippen LogP contribution is -2.30. The fraction of sp³-hybridized carbons (Fsp3) is 0. The molecule has 2 aromatic heterocycles. The number of amides is 1. The van der Waals surface area contributed by atoms with Gasteiger partial charge in [0.25, 0.3) is 5.91 Å². The normalized spacial score (nSPS) is 10.2. The van der Waals surface area contributed by atoms with Gasteiger partial charge in [-0.3, -0.25) is 25.8 Å². The number of hydrogen-bond donors (Lipinski definition) is 3. The molecule has 0 atom stereocenters. The van der Waals surface area contributed by atoms with E-state index in [1.165, 1.54) is 12.3 Å². The van der Waals surface area contributed by atoms with Crippen LogP contribution < -0.4 is 16.2 Å². The molecule has 2 heterocycles. The fourth-order valence-corrected chi connectivity index (χ4v) is 2.47. The Kier molecular flexibility index (Phi) is 5.96. The van der Waals surface area contributed by atoms with Crippen LogP contribution in [0.3, 0.4) is 0 Å². The van der Waals surface area contributed by atoms with Crippen molar-refractivity contribution in [2.24, 2.45) is 0 Å². The molecule has 3 N–H and O–H groups in total. The molecule has 0 fully saturated rings. The Bertz CT molecular complexity index is 1020. The minimum Gasteiger partial charge on any atom is -0.319 e. The largest absolute Gasteiger partial charge is 0.355 e. The van der Waals surface area contributed by atoms with E-state index in [2.05, 4.69) is 47.1 Å². The smallest absolute Gasteiger partial charge is 0.319 e. The van der Waals surface area contributed by atoms with Crippen molar-refractivity contribution in [3.63, 3.8) is 0 Å². The van der Waals surface area contributed by atoms with Gasteiger partial charge in [-0.25, -0.2) is 15.0 Å². The van der Waals surface area contributed by atoms with E-state index in [0.717, 1.165) is 10.8 Å². The molecule has 28 heavy (non-hydrogen) atoms. The highest BCUT2D eigenvalue weighted by Gasteiger charge is 2.24. The van der Waals surface area contributed by atoms with Crippen molar-refractivity contribution >= 4 is 56.6 Å². The highest BCUT2D eigenvalue weighted by molar-refractivity contribution is 9.10. The Hall–Kier alpha value is -3.31. The maximum atomic E-state index is 12.2. The zero-order chi connectivity index (χ0) is 20.1. The van der Waals surface area contributed by atoms with Crippen LogP contribution in [0, 0.1) is 10.1 Å². The number of anilines is 3. The van der Waals surface area contributed by atoms with Gasteiger partial charge in [0.2, 0.25) is 11.6 Å². The van der Waals surface area contributed by atoms with Gasteiger partial charge in [0.15, 0.2) is 0 Å². The fourth-order valence-electron chi connectivity index (χ4n) is 2.10. The van der Waals surface area contributed by atoms with Crippen molar-refractivity contribution in [1.29, 1.82) is 0 Å². The van der Waals surface area contributed by atoms with E-state index >= 15 is 0 Å². The van der Waals surface area contributed by atoms with Gasteiger partial charge in [-0.05, 0) is 36.4 Å². The quantitative estimate of drug-likeness (QED) is 0.371. The monoisotopic (exact) mass is 463 g/mol.